The summed E-state index contributed by atoms with van der Waals surface area (Å²) in [5.74, 6) is 2.16. The van der Waals surface area contributed by atoms with E-state index in [0.29, 0.717) is 11.4 Å². The van der Waals surface area contributed by atoms with Gasteiger partial charge in [-0.1, -0.05) is 24.1 Å². The molecule has 0 heterocycles. The Morgan fingerprint density at radius 2 is 2.00 bits per heavy atom. The first kappa shape index (κ1) is 13.7. The number of hydrogen-bond acceptors (Lipinski definition) is 2. The van der Waals surface area contributed by atoms with Crippen LogP contribution in [0.15, 0.2) is 48.5 Å². The molecule has 0 fully saturated rings. The number of nitrogens with two attached hydrogens (primary N) is 1. The smallest absolute Gasteiger partial charge is 0.231 e. The van der Waals surface area contributed by atoms with Crippen LogP contribution >= 0.6 is 0 Å². The minimum Gasteiger partial charge on any atom is -0.399 e. The Bertz CT molecular complexity index is 671. The zero-order valence-electron chi connectivity index (χ0n) is 11.3. The van der Waals surface area contributed by atoms with Crippen LogP contribution in [-0.4, -0.2) is 5.91 Å². The SMILES string of the molecule is C#Cc1cccc(NC(=O)C(C)c2cccc(N)c2)c1. The van der Waals surface area contributed by atoms with Crippen LogP contribution in [0, 0.1) is 12.3 Å². The Kier molecular flexibility index (Phi) is 4.07. The lowest BCUT2D eigenvalue weighted by Gasteiger charge is -2.13. The molecule has 2 rings (SSSR count). The highest BCUT2D eigenvalue weighted by Crippen LogP contribution is 2.20. The van der Waals surface area contributed by atoms with Crippen molar-refractivity contribution in [2.24, 2.45) is 0 Å². The van der Waals surface area contributed by atoms with Gasteiger partial charge >= 0.3 is 0 Å². The molecule has 3 nitrogen and oxygen atoms in total. The lowest BCUT2D eigenvalue weighted by Crippen LogP contribution is -2.19. The van der Waals surface area contributed by atoms with Crippen LogP contribution in [0.25, 0.3) is 0 Å². The van der Waals surface area contributed by atoms with Gasteiger partial charge in [0.05, 0.1) is 5.92 Å². The van der Waals surface area contributed by atoms with E-state index < -0.39 is 0 Å². The zero-order chi connectivity index (χ0) is 14.5. The Labute approximate surface area is 118 Å². The quantitative estimate of drug-likeness (QED) is 0.661. The fourth-order valence-corrected chi connectivity index (χ4v) is 1.92. The molecular formula is C17H16N2O. The highest BCUT2D eigenvalue weighted by Gasteiger charge is 2.15. The molecule has 0 aliphatic heterocycles. The third-order valence-electron chi connectivity index (χ3n) is 3.10. The van der Waals surface area contributed by atoms with Gasteiger partial charge in [-0.15, -0.1) is 6.42 Å². The highest BCUT2D eigenvalue weighted by molar-refractivity contribution is 5.95. The van der Waals surface area contributed by atoms with Crippen molar-refractivity contribution in [3.63, 3.8) is 0 Å². The van der Waals surface area contributed by atoms with Gasteiger partial charge in [0, 0.05) is 16.9 Å². The van der Waals surface area contributed by atoms with Crippen molar-refractivity contribution >= 4 is 17.3 Å². The first-order valence-corrected chi connectivity index (χ1v) is 6.33. The maximum absolute atomic E-state index is 12.2. The molecule has 2 aromatic carbocycles. The molecule has 0 saturated heterocycles. The van der Waals surface area contributed by atoms with E-state index in [4.69, 9.17) is 12.2 Å². The predicted molar refractivity (Wildman–Crippen MR) is 82.3 cm³/mol. The summed E-state index contributed by atoms with van der Waals surface area (Å²) >= 11 is 0. The molecule has 0 aliphatic rings. The lowest BCUT2D eigenvalue weighted by molar-refractivity contribution is -0.117. The molecule has 0 bridgehead atoms. The van der Waals surface area contributed by atoms with Crippen molar-refractivity contribution in [3.05, 3.63) is 59.7 Å². The molecule has 3 N–H and O–H groups in total. The number of benzene rings is 2. The van der Waals surface area contributed by atoms with Crippen LogP contribution in [0.3, 0.4) is 0 Å². The predicted octanol–water partition coefficient (Wildman–Crippen LogP) is 2.99. The van der Waals surface area contributed by atoms with Crippen LogP contribution in [0.4, 0.5) is 11.4 Å². The topological polar surface area (TPSA) is 55.1 Å². The van der Waals surface area contributed by atoms with Crippen molar-refractivity contribution in [3.8, 4) is 12.3 Å². The van der Waals surface area contributed by atoms with Crippen LogP contribution in [0.2, 0.25) is 0 Å². The fraction of sp³-hybridized carbons (Fsp3) is 0.118. The maximum Gasteiger partial charge on any atom is 0.231 e. The normalized spacial score (nSPS) is 11.4. The van der Waals surface area contributed by atoms with Crippen molar-refractivity contribution in [2.75, 3.05) is 11.1 Å². The number of amides is 1. The molecule has 0 radical (unpaired) electrons. The molecule has 1 atom stereocenters. The molecule has 20 heavy (non-hydrogen) atoms. The molecule has 0 spiro atoms. The van der Waals surface area contributed by atoms with Gasteiger partial charge in [-0.25, -0.2) is 0 Å². The number of anilines is 2. The molecule has 100 valence electrons. The van der Waals surface area contributed by atoms with E-state index in [9.17, 15) is 4.79 Å². The summed E-state index contributed by atoms with van der Waals surface area (Å²) in [7, 11) is 0. The molecule has 0 aromatic heterocycles. The second-order valence-corrected chi connectivity index (χ2v) is 4.61. The van der Waals surface area contributed by atoms with E-state index in [1.807, 2.05) is 43.3 Å². The number of carbonyl (C=O) groups excluding carboxylic acids is 1. The third-order valence-corrected chi connectivity index (χ3v) is 3.10. The standard InChI is InChI=1S/C17H16N2O/c1-3-13-6-4-9-16(10-13)19-17(20)12(2)14-7-5-8-15(18)11-14/h1,4-12H,18H2,2H3,(H,19,20). The summed E-state index contributed by atoms with van der Waals surface area (Å²) in [6.45, 7) is 1.84. The van der Waals surface area contributed by atoms with Gasteiger partial charge in [-0.3, -0.25) is 4.79 Å². The molecule has 0 aliphatic carbocycles. The average molecular weight is 264 g/mol. The highest BCUT2D eigenvalue weighted by atomic mass is 16.1. The van der Waals surface area contributed by atoms with E-state index >= 15 is 0 Å². The lowest BCUT2D eigenvalue weighted by atomic mass is 9.99. The second kappa shape index (κ2) is 5.94. The number of nitrogen functional groups attached to an aromatic ring is 1. The van der Waals surface area contributed by atoms with Gasteiger partial charge in [0.1, 0.15) is 0 Å². The summed E-state index contributed by atoms with van der Waals surface area (Å²) in [5.41, 5.74) is 8.70. The summed E-state index contributed by atoms with van der Waals surface area (Å²) in [6.07, 6.45) is 5.34. The number of carbonyl (C=O) groups is 1. The molecular weight excluding hydrogens is 248 g/mol. The average Bonchev–Trinajstić information content (AvgIpc) is 2.46. The van der Waals surface area contributed by atoms with E-state index in [1.54, 1.807) is 12.1 Å². The monoisotopic (exact) mass is 264 g/mol. The Balaban J connectivity index is 2.13. The minimum atomic E-state index is -0.284. The van der Waals surface area contributed by atoms with E-state index in [-0.39, 0.29) is 11.8 Å². The van der Waals surface area contributed by atoms with Crippen LogP contribution in [-0.2, 0) is 4.79 Å². The number of terminal acetylenes is 1. The summed E-state index contributed by atoms with van der Waals surface area (Å²) in [6, 6.07) is 14.5. The molecule has 2 aromatic rings. The minimum absolute atomic E-state index is 0.0928. The van der Waals surface area contributed by atoms with Crippen LogP contribution in [0.1, 0.15) is 24.0 Å². The van der Waals surface area contributed by atoms with Crippen LogP contribution < -0.4 is 11.1 Å². The fourth-order valence-electron chi connectivity index (χ4n) is 1.92. The zero-order valence-corrected chi connectivity index (χ0v) is 11.3. The van der Waals surface area contributed by atoms with Crippen molar-refractivity contribution < 1.29 is 4.79 Å². The van der Waals surface area contributed by atoms with Crippen LogP contribution in [0.5, 0.6) is 0 Å². The van der Waals surface area contributed by atoms with Gasteiger partial charge in [-0.2, -0.15) is 0 Å². The van der Waals surface area contributed by atoms with Gasteiger partial charge in [-0.05, 0) is 42.8 Å². The van der Waals surface area contributed by atoms with E-state index in [1.165, 1.54) is 0 Å². The summed E-state index contributed by atoms with van der Waals surface area (Å²) in [4.78, 5) is 12.2. The van der Waals surface area contributed by atoms with Crippen molar-refractivity contribution in [2.45, 2.75) is 12.8 Å². The van der Waals surface area contributed by atoms with Gasteiger partial charge in [0.2, 0.25) is 5.91 Å². The number of rotatable bonds is 3. The summed E-state index contributed by atoms with van der Waals surface area (Å²) in [5, 5.41) is 2.86. The van der Waals surface area contributed by atoms with Gasteiger partial charge in [0.25, 0.3) is 0 Å². The molecule has 1 unspecified atom stereocenters. The third kappa shape index (κ3) is 3.18. The maximum atomic E-state index is 12.2. The summed E-state index contributed by atoms with van der Waals surface area (Å²) < 4.78 is 0. The van der Waals surface area contributed by atoms with E-state index in [2.05, 4.69) is 11.2 Å². The molecule has 3 heteroatoms. The number of hydrogen-bond donors (Lipinski definition) is 2. The van der Waals surface area contributed by atoms with Crippen molar-refractivity contribution in [1.82, 2.24) is 0 Å². The Morgan fingerprint density at radius 3 is 2.70 bits per heavy atom. The molecule has 1 amide bonds. The van der Waals surface area contributed by atoms with Crippen molar-refractivity contribution in [1.29, 1.82) is 0 Å². The number of nitrogens with one attached hydrogen (secondary N) is 1. The first-order valence-electron chi connectivity index (χ1n) is 6.33. The molecule has 0 saturated carbocycles. The Hall–Kier alpha value is -2.73. The first-order chi connectivity index (χ1) is 9.60. The van der Waals surface area contributed by atoms with E-state index in [0.717, 1.165) is 11.1 Å². The largest absolute Gasteiger partial charge is 0.399 e. The second-order valence-electron chi connectivity index (χ2n) is 4.61. The van der Waals surface area contributed by atoms with Gasteiger partial charge < -0.3 is 11.1 Å². The van der Waals surface area contributed by atoms with Gasteiger partial charge in [0.15, 0.2) is 0 Å². The Morgan fingerprint density at radius 1 is 1.25 bits per heavy atom.